The number of hydrogen-bond acceptors (Lipinski definition) is 6. The fourth-order valence-corrected chi connectivity index (χ4v) is 5.67. The molecule has 2 aliphatic heterocycles. The van der Waals surface area contributed by atoms with E-state index in [2.05, 4.69) is 15.4 Å². The Bertz CT molecular complexity index is 919. The largest absolute Gasteiger partial charge is 0.471 e. The number of carbonyl (C=O) groups excluding carboxylic acids is 5. The number of piperidine rings is 1. The van der Waals surface area contributed by atoms with Crippen LogP contribution < -0.4 is 16.0 Å². The number of alkyl halides is 5. The Kier molecular flexibility index (Phi) is 9.65. The number of hydrogen-bond donors (Lipinski definition) is 3. The zero-order valence-electron chi connectivity index (χ0n) is 20.6. The number of nitrogens with zero attached hydrogens (tertiary/aromatic N) is 1. The molecule has 0 unspecified atom stereocenters. The van der Waals surface area contributed by atoms with E-state index >= 15 is 0 Å². The van der Waals surface area contributed by atoms with E-state index in [9.17, 15) is 45.9 Å². The van der Waals surface area contributed by atoms with Crippen LogP contribution in [0.3, 0.4) is 0 Å². The van der Waals surface area contributed by atoms with Gasteiger partial charge in [-0.2, -0.15) is 22.0 Å². The summed E-state index contributed by atoms with van der Waals surface area (Å²) in [6, 6.07) is -4.42. The molecule has 0 aromatic rings. The zero-order valence-corrected chi connectivity index (χ0v) is 20.6. The van der Waals surface area contributed by atoms with Crippen LogP contribution >= 0.6 is 0 Å². The first-order valence-electron chi connectivity index (χ1n) is 12.5. The Labute approximate surface area is 215 Å². The minimum atomic E-state index is -5.40. The summed E-state index contributed by atoms with van der Waals surface area (Å²) in [6.07, 6.45) is -3.65. The minimum absolute atomic E-state index is 0.0271. The molecule has 0 aromatic carbocycles. The van der Waals surface area contributed by atoms with Crippen molar-refractivity contribution >= 4 is 29.9 Å². The van der Waals surface area contributed by atoms with Crippen molar-refractivity contribution in [1.29, 1.82) is 0 Å². The normalized spacial score (nSPS) is 27.8. The lowest BCUT2D eigenvalue weighted by atomic mass is 9.90. The SMILES string of the molecule is C[C@@H](OC(F)F)[C@H](NC(=O)C(F)(F)F)C(=O)N1C[C@@H]2CCC[C@@H]2[C@H]1C(=O)N[C@H](C=O)C[C@@H]1CCCNC1=O. The third kappa shape index (κ3) is 6.97. The highest BCUT2D eigenvalue weighted by molar-refractivity contribution is 5.94. The molecule has 38 heavy (non-hydrogen) atoms. The van der Waals surface area contributed by atoms with Crippen LogP contribution in [0.5, 0.6) is 0 Å². The summed E-state index contributed by atoms with van der Waals surface area (Å²) >= 11 is 0. The van der Waals surface area contributed by atoms with Gasteiger partial charge in [0.15, 0.2) is 0 Å². The van der Waals surface area contributed by atoms with Gasteiger partial charge in [0.1, 0.15) is 18.4 Å². The van der Waals surface area contributed by atoms with Gasteiger partial charge in [-0.05, 0) is 50.9 Å². The fourth-order valence-electron chi connectivity index (χ4n) is 5.67. The third-order valence-corrected chi connectivity index (χ3v) is 7.47. The van der Waals surface area contributed by atoms with Crippen molar-refractivity contribution < 1.29 is 50.7 Å². The molecule has 3 N–H and O–H groups in total. The predicted molar refractivity (Wildman–Crippen MR) is 119 cm³/mol. The van der Waals surface area contributed by atoms with Crippen molar-refractivity contribution in [3.63, 3.8) is 0 Å². The minimum Gasteiger partial charge on any atom is -0.356 e. The van der Waals surface area contributed by atoms with Crippen molar-refractivity contribution in [1.82, 2.24) is 20.9 Å². The molecule has 3 rings (SSSR count). The standard InChI is InChI=1S/C23H31F5N4O6/c1-11(38-22(24)25)16(31-21(37)23(26,27)28)20(36)32-9-13-4-2-6-15(13)17(32)19(35)30-14(10-33)8-12-5-3-7-29-18(12)34/h10-17,22H,2-9H2,1H3,(H,29,34)(H,30,35)(H,31,37)/t11-,12+,13+,14+,15+,16+,17+/m1/s1. The fraction of sp³-hybridized carbons (Fsp3) is 0.783. The van der Waals surface area contributed by atoms with E-state index in [1.54, 1.807) is 0 Å². The Hall–Kier alpha value is -2.84. The Balaban J connectivity index is 1.81. The average molecular weight is 555 g/mol. The number of amides is 4. The van der Waals surface area contributed by atoms with Gasteiger partial charge in [0.05, 0.1) is 12.1 Å². The van der Waals surface area contributed by atoms with Crippen LogP contribution in [-0.4, -0.2) is 84.9 Å². The van der Waals surface area contributed by atoms with Crippen LogP contribution in [0.1, 0.15) is 45.4 Å². The number of likely N-dealkylation sites (tertiary alicyclic amines) is 1. The highest BCUT2D eigenvalue weighted by atomic mass is 19.4. The molecule has 7 atom stereocenters. The van der Waals surface area contributed by atoms with Gasteiger partial charge in [0.25, 0.3) is 0 Å². The molecule has 3 aliphatic rings. The maximum Gasteiger partial charge on any atom is 0.471 e. The lowest BCUT2D eigenvalue weighted by Crippen LogP contribution is -2.60. The summed E-state index contributed by atoms with van der Waals surface area (Å²) in [5, 5.41) is 6.65. The molecule has 0 radical (unpaired) electrons. The highest BCUT2D eigenvalue weighted by Crippen LogP contribution is 2.42. The van der Waals surface area contributed by atoms with E-state index in [-0.39, 0.29) is 30.7 Å². The molecule has 0 bridgehead atoms. The molecule has 214 valence electrons. The van der Waals surface area contributed by atoms with Crippen molar-refractivity contribution in [2.24, 2.45) is 17.8 Å². The molecule has 1 saturated carbocycles. The number of nitrogens with one attached hydrogen (secondary N) is 3. The molecule has 3 fully saturated rings. The smallest absolute Gasteiger partial charge is 0.356 e. The number of ether oxygens (including phenoxy) is 1. The van der Waals surface area contributed by atoms with Crippen molar-refractivity contribution in [3.05, 3.63) is 0 Å². The second-order valence-electron chi connectivity index (χ2n) is 9.96. The van der Waals surface area contributed by atoms with Gasteiger partial charge in [0, 0.05) is 19.0 Å². The molecule has 2 heterocycles. The van der Waals surface area contributed by atoms with Crippen LogP contribution in [0, 0.1) is 17.8 Å². The number of carbonyl (C=O) groups is 5. The van der Waals surface area contributed by atoms with Crippen LogP contribution in [-0.2, 0) is 28.7 Å². The van der Waals surface area contributed by atoms with Crippen molar-refractivity contribution in [2.45, 2.75) is 82.5 Å². The number of fused-ring (bicyclic) bond motifs is 1. The molecule has 2 saturated heterocycles. The Morgan fingerprint density at radius 1 is 1.16 bits per heavy atom. The molecular formula is C23H31F5N4O6. The van der Waals surface area contributed by atoms with Gasteiger partial charge >= 0.3 is 18.7 Å². The predicted octanol–water partition coefficient (Wildman–Crippen LogP) is 0.888. The molecule has 0 aromatic heterocycles. The van der Waals surface area contributed by atoms with Gasteiger partial charge in [-0.25, -0.2) is 0 Å². The van der Waals surface area contributed by atoms with Crippen LogP contribution in [0.25, 0.3) is 0 Å². The van der Waals surface area contributed by atoms with E-state index in [0.29, 0.717) is 38.5 Å². The van der Waals surface area contributed by atoms with E-state index in [4.69, 9.17) is 0 Å². The maximum absolute atomic E-state index is 13.4. The molecule has 0 spiro atoms. The summed E-state index contributed by atoms with van der Waals surface area (Å²) in [7, 11) is 0. The van der Waals surface area contributed by atoms with Crippen LogP contribution in [0.4, 0.5) is 22.0 Å². The summed E-state index contributed by atoms with van der Waals surface area (Å²) in [6.45, 7) is -2.06. The third-order valence-electron chi connectivity index (χ3n) is 7.47. The second-order valence-corrected chi connectivity index (χ2v) is 9.96. The Morgan fingerprint density at radius 3 is 2.47 bits per heavy atom. The van der Waals surface area contributed by atoms with Gasteiger partial charge < -0.3 is 30.4 Å². The first-order valence-corrected chi connectivity index (χ1v) is 12.5. The lowest BCUT2D eigenvalue weighted by Gasteiger charge is -2.33. The van der Waals surface area contributed by atoms with E-state index in [1.807, 2.05) is 0 Å². The van der Waals surface area contributed by atoms with Crippen molar-refractivity contribution in [3.8, 4) is 0 Å². The van der Waals surface area contributed by atoms with Gasteiger partial charge in [-0.15, -0.1) is 0 Å². The number of halogens is 5. The molecule has 1 aliphatic carbocycles. The van der Waals surface area contributed by atoms with E-state index < -0.39 is 60.7 Å². The Morgan fingerprint density at radius 2 is 1.87 bits per heavy atom. The highest BCUT2D eigenvalue weighted by Gasteiger charge is 2.52. The zero-order chi connectivity index (χ0) is 28.2. The second kappa shape index (κ2) is 12.3. The molecule has 10 nitrogen and oxygen atoms in total. The average Bonchev–Trinajstić information content (AvgIpc) is 3.43. The number of rotatable bonds is 10. The summed E-state index contributed by atoms with van der Waals surface area (Å²) in [5.41, 5.74) is 0. The lowest BCUT2D eigenvalue weighted by molar-refractivity contribution is -0.185. The van der Waals surface area contributed by atoms with E-state index in [0.717, 1.165) is 18.2 Å². The van der Waals surface area contributed by atoms with Gasteiger partial charge in [-0.1, -0.05) is 6.42 Å². The van der Waals surface area contributed by atoms with Gasteiger partial charge in [0.2, 0.25) is 17.7 Å². The number of aldehydes is 1. The molecular weight excluding hydrogens is 523 g/mol. The van der Waals surface area contributed by atoms with Crippen LogP contribution in [0.2, 0.25) is 0 Å². The monoisotopic (exact) mass is 554 g/mol. The first-order chi connectivity index (χ1) is 17.8. The quantitative estimate of drug-likeness (QED) is 0.271. The van der Waals surface area contributed by atoms with Gasteiger partial charge in [-0.3, -0.25) is 19.2 Å². The van der Waals surface area contributed by atoms with Crippen LogP contribution in [0.15, 0.2) is 0 Å². The topological polar surface area (TPSA) is 134 Å². The first kappa shape index (κ1) is 29.7. The summed E-state index contributed by atoms with van der Waals surface area (Å²) in [4.78, 5) is 63.2. The molecule has 4 amide bonds. The summed E-state index contributed by atoms with van der Waals surface area (Å²) < 4.78 is 68.7. The van der Waals surface area contributed by atoms with E-state index in [1.165, 1.54) is 5.32 Å². The molecule has 15 heteroatoms. The summed E-state index contributed by atoms with van der Waals surface area (Å²) in [5.74, 6) is -5.76. The van der Waals surface area contributed by atoms with Crippen molar-refractivity contribution in [2.75, 3.05) is 13.1 Å². The maximum atomic E-state index is 13.4.